The summed E-state index contributed by atoms with van der Waals surface area (Å²) < 4.78 is 0. The van der Waals surface area contributed by atoms with E-state index in [9.17, 15) is 14.9 Å². The maximum atomic E-state index is 11.9. The average Bonchev–Trinajstić information content (AvgIpc) is 2.45. The van der Waals surface area contributed by atoms with E-state index in [1.165, 1.54) is 18.2 Å². The molecule has 1 amide bonds. The third kappa shape index (κ3) is 5.36. The van der Waals surface area contributed by atoms with Gasteiger partial charge in [0, 0.05) is 18.2 Å². The Labute approximate surface area is 123 Å². The number of nitro benzene ring substituents is 1. The first-order valence-corrected chi connectivity index (χ1v) is 6.63. The molecule has 0 saturated heterocycles. The molecule has 1 rings (SSSR count). The highest BCUT2D eigenvalue weighted by molar-refractivity contribution is 5.95. The van der Waals surface area contributed by atoms with Crippen LogP contribution in [0.25, 0.3) is 0 Å². The quantitative estimate of drug-likeness (QED) is 0.285. The lowest BCUT2D eigenvalue weighted by Crippen LogP contribution is -2.25. The molecule has 0 unspecified atom stereocenters. The number of amides is 1. The smallest absolute Gasteiger partial charge is 0.294 e. The van der Waals surface area contributed by atoms with Crippen molar-refractivity contribution in [3.63, 3.8) is 0 Å². The highest BCUT2D eigenvalue weighted by Crippen LogP contribution is 2.24. The molecule has 0 aromatic heterocycles. The SMILES string of the molecule is CN(C)CCCCNC(=O)c1ccc(NN)c([N+](=O)[O-])c1. The normalized spacial score (nSPS) is 10.5. The first kappa shape index (κ1) is 16.9. The Morgan fingerprint density at radius 2 is 2.10 bits per heavy atom. The fourth-order valence-corrected chi connectivity index (χ4v) is 1.80. The van der Waals surface area contributed by atoms with Gasteiger partial charge < -0.3 is 15.6 Å². The Hall–Kier alpha value is -2.19. The summed E-state index contributed by atoms with van der Waals surface area (Å²) in [6, 6.07) is 4.13. The molecule has 0 saturated carbocycles. The minimum atomic E-state index is -0.580. The van der Waals surface area contributed by atoms with Gasteiger partial charge in [0.2, 0.25) is 0 Å². The molecule has 1 aromatic carbocycles. The van der Waals surface area contributed by atoms with Crippen LogP contribution in [0.15, 0.2) is 18.2 Å². The van der Waals surface area contributed by atoms with Gasteiger partial charge in [0.1, 0.15) is 5.69 Å². The molecule has 0 heterocycles. The van der Waals surface area contributed by atoms with Crippen LogP contribution in [0.1, 0.15) is 23.2 Å². The van der Waals surface area contributed by atoms with Gasteiger partial charge in [0.05, 0.1) is 4.92 Å². The van der Waals surface area contributed by atoms with Gasteiger partial charge in [-0.1, -0.05) is 0 Å². The summed E-state index contributed by atoms with van der Waals surface area (Å²) in [4.78, 5) is 24.3. The topological polar surface area (TPSA) is 114 Å². The van der Waals surface area contributed by atoms with Crippen molar-refractivity contribution < 1.29 is 9.72 Å². The number of nitrogen functional groups attached to an aromatic ring is 1. The second-order valence-electron chi connectivity index (χ2n) is 4.90. The molecule has 0 aliphatic rings. The number of carbonyl (C=O) groups excluding carboxylic acids is 1. The number of nitrogens with two attached hydrogens (primary N) is 1. The molecule has 4 N–H and O–H groups in total. The highest BCUT2D eigenvalue weighted by atomic mass is 16.6. The van der Waals surface area contributed by atoms with Gasteiger partial charge in [-0.3, -0.25) is 20.8 Å². The number of benzene rings is 1. The van der Waals surface area contributed by atoms with E-state index in [0.717, 1.165) is 19.4 Å². The van der Waals surface area contributed by atoms with E-state index in [4.69, 9.17) is 5.84 Å². The number of nitrogens with one attached hydrogen (secondary N) is 2. The maximum absolute atomic E-state index is 11.9. The molecule has 0 aliphatic heterocycles. The number of hydrogen-bond donors (Lipinski definition) is 3. The zero-order valence-corrected chi connectivity index (χ0v) is 12.3. The number of nitro groups is 1. The first-order chi connectivity index (χ1) is 9.95. The Morgan fingerprint density at radius 1 is 1.38 bits per heavy atom. The fraction of sp³-hybridized carbons (Fsp3) is 0.462. The van der Waals surface area contributed by atoms with Crippen molar-refractivity contribution >= 4 is 17.3 Å². The molecule has 116 valence electrons. The van der Waals surface area contributed by atoms with Crippen LogP contribution < -0.4 is 16.6 Å². The minimum Gasteiger partial charge on any atom is -0.352 e. The standard InChI is InChI=1S/C13H21N5O3/c1-17(2)8-4-3-7-15-13(19)10-5-6-11(16-14)12(9-10)18(20)21/h5-6,9,16H,3-4,7-8,14H2,1-2H3,(H,15,19). The lowest BCUT2D eigenvalue weighted by molar-refractivity contribution is -0.384. The summed E-state index contributed by atoms with van der Waals surface area (Å²) in [6.45, 7) is 1.50. The van der Waals surface area contributed by atoms with E-state index < -0.39 is 4.92 Å². The Morgan fingerprint density at radius 3 is 2.67 bits per heavy atom. The molecule has 0 aliphatic carbocycles. The third-order valence-electron chi connectivity index (χ3n) is 2.93. The van der Waals surface area contributed by atoms with E-state index in [-0.39, 0.29) is 22.8 Å². The van der Waals surface area contributed by atoms with E-state index in [2.05, 4.69) is 15.6 Å². The number of carbonyl (C=O) groups is 1. The Bertz CT molecular complexity index is 505. The average molecular weight is 295 g/mol. The summed E-state index contributed by atoms with van der Waals surface area (Å²) in [6.07, 6.45) is 1.83. The van der Waals surface area contributed by atoms with Crippen LogP contribution >= 0.6 is 0 Å². The second kappa shape index (κ2) is 8.18. The van der Waals surface area contributed by atoms with Gasteiger partial charge in [-0.2, -0.15) is 0 Å². The van der Waals surface area contributed by atoms with Crippen LogP contribution in [0, 0.1) is 10.1 Å². The zero-order valence-electron chi connectivity index (χ0n) is 12.3. The molecule has 0 fully saturated rings. The van der Waals surface area contributed by atoms with E-state index in [0.29, 0.717) is 6.54 Å². The van der Waals surface area contributed by atoms with Crippen molar-refractivity contribution in [1.29, 1.82) is 0 Å². The van der Waals surface area contributed by atoms with Crippen molar-refractivity contribution in [2.45, 2.75) is 12.8 Å². The molecule has 8 nitrogen and oxygen atoms in total. The van der Waals surface area contributed by atoms with E-state index >= 15 is 0 Å². The third-order valence-corrected chi connectivity index (χ3v) is 2.93. The van der Waals surface area contributed by atoms with Crippen LogP contribution in [-0.4, -0.2) is 42.9 Å². The first-order valence-electron chi connectivity index (χ1n) is 6.63. The molecular formula is C13H21N5O3. The van der Waals surface area contributed by atoms with Crippen LogP contribution in [0.3, 0.4) is 0 Å². The van der Waals surface area contributed by atoms with Crippen molar-refractivity contribution in [3.05, 3.63) is 33.9 Å². The molecule has 0 bridgehead atoms. The number of hydrazine groups is 1. The van der Waals surface area contributed by atoms with Gasteiger partial charge in [0.25, 0.3) is 11.6 Å². The Kier molecular flexibility index (Phi) is 6.57. The fourth-order valence-electron chi connectivity index (χ4n) is 1.80. The largest absolute Gasteiger partial charge is 0.352 e. The highest BCUT2D eigenvalue weighted by Gasteiger charge is 2.16. The van der Waals surface area contributed by atoms with Gasteiger partial charge in [0.15, 0.2) is 0 Å². The van der Waals surface area contributed by atoms with Gasteiger partial charge >= 0.3 is 0 Å². The molecule has 21 heavy (non-hydrogen) atoms. The number of rotatable bonds is 8. The summed E-state index contributed by atoms with van der Waals surface area (Å²) in [5.74, 6) is 4.87. The van der Waals surface area contributed by atoms with E-state index in [1.807, 2.05) is 14.1 Å². The minimum absolute atomic E-state index is 0.169. The van der Waals surface area contributed by atoms with Gasteiger partial charge in [-0.25, -0.2) is 0 Å². The van der Waals surface area contributed by atoms with Crippen molar-refractivity contribution in [2.75, 3.05) is 32.6 Å². The van der Waals surface area contributed by atoms with Crippen molar-refractivity contribution in [2.24, 2.45) is 5.84 Å². The number of nitrogens with zero attached hydrogens (tertiary/aromatic N) is 2. The second-order valence-corrected chi connectivity index (χ2v) is 4.90. The number of hydrogen-bond acceptors (Lipinski definition) is 6. The van der Waals surface area contributed by atoms with Crippen LogP contribution in [-0.2, 0) is 0 Å². The molecule has 8 heteroatoms. The lowest BCUT2D eigenvalue weighted by atomic mass is 10.1. The predicted octanol–water partition coefficient (Wildman–Crippen LogP) is 0.952. The van der Waals surface area contributed by atoms with E-state index in [1.54, 1.807) is 0 Å². The number of unbranched alkanes of at least 4 members (excludes halogenated alkanes) is 1. The molecule has 1 aromatic rings. The summed E-state index contributed by atoms with van der Waals surface area (Å²) >= 11 is 0. The van der Waals surface area contributed by atoms with Gasteiger partial charge in [-0.05, 0) is 45.6 Å². The predicted molar refractivity (Wildman–Crippen MR) is 81.0 cm³/mol. The molecule has 0 radical (unpaired) electrons. The van der Waals surface area contributed by atoms with Gasteiger partial charge in [-0.15, -0.1) is 0 Å². The Balaban J connectivity index is 2.58. The van der Waals surface area contributed by atoms with Crippen LogP contribution in [0.2, 0.25) is 0 Å². The van der Waals surface area contributed by atoms with Crippen LogP contribution in [0.5, 0.6) is 0 Å². The molecular weight excluding hydrogens is 274 g/mol. The molecule has 0 atom stereocenters. The monoisotopic (exact) mass is 295 g/mol. The van der Waals surface area contributed by atoms with Crippen molar-refractivity contribution in [3.8, 4) is 0 Å². The summed E-state index contributed by atoms with van der Waals surface area (Å²) in [7, 11) is 3.98. The summed E-state index contributed by atoms with van der Waals surface area (Å²) in [5.41, 5.74) is 2.42. The number of anilines is 1. The van der Waals surface area contributed by atoms with Crippen molar-refractivity contribution in [1.82, 2.24) is 10.2 Å². The van der Waals surface area contributed by atoms with Crippen LogP contribution in [0.4, 0.5) is 11.4 Å². The zero-order chi connectivity index (χ0) is 15.8. The lowest BCUT2D eigenvalue weighted by Gasteiger charge is -2.10. The molecule has 0 spiro atoms. The maximum Gasteiger partial charge on any atom is 0.294 e. The summed E-state index contributed by atoms with van der Waals surface area (Å²) in [5, 5.41) is 13.6.